The highest BCUT2D eigenvalue weighted by Crippen LogP contribution is 2.48. The van der Waals surface area contributed by atoms with Crippen LogP contribution < -0.4 is 0 Å². The van der Waals surface area contributed by atoms with Crippen LogP contribution in [0.2, 0.25) is 0 Å². The molecule has 1 aromatic rings. The zero-order valence-corrected chi connectivity index (χ0v) is 15.4. The number of carbonyl (C=O) groups is 2. The summed E-state index contributed by atoms with van der Waals surface area (Å²) in [6, 6.07) is 0.768. The number of likely N-dealkylation sites (tertiary alicyclic amines) is 1. The molecule has 0 atom stereocenters. The maximum Gasteiger partial charge on any atom is 0.435 e. The first kappa shape index (κ1) is 19.3. The summed E-state index contributed by atoms with van der Waals surface area (Å²) in [7, 11) is 1.31. The Morgan fingerprint density at radius 1 is 1.37 bits per heavy atom. The molecule has 1 spiro atoms. The van der Waals surface area contributed by atoms with Crippen LogP contribution in [0.4, 0.5) is 13.2 Å². The van der Waals surface area contributed by atoms with Crippen LogP contribution in [0.3, 0.4) is 0 Å². The fourth-order valence-electron chi connectivity index (χ4n) is 4.15. The maximum absolute atomic E-state index is 12.8. The lowest BCUT2D eigenvalue weighted by Crippen LogP contribution is -2.61. The minimum Gasteiger partial charge on any atom is -0.335 e. The quantitative estimate of drug-likeness (QED) is 0.755. The van der Waals surface area contributed by atoms with Crippen molar-refractivity contribution in [2.45, 2.75) is 26.4 Å². The van der Waals surface area contributed by atoms with E-state index in [0.717, 1.165) is 10.7 Å². The summed E-state index contributed by atoms with van der Waals surface area (Å²) in [5.41, 5.74) is -1.57. The average molecular weight is 382 g/mol. The Morgan fingerprint density at radius 2 is 2.00 bits per heavy atom. The van der Waals surface area contributed by atoms with Crippen molar-refractivity contribution in [2.75, 3.05) is 19.6 Å². The molecule has 2 heterocycles. The van der Waals surface area contributed by atoms with E-state index >= 15 is 0 Å². The molecule has 9 heteroatoms. The van der Waals surface area contributed by atoms with Crippen LogP contribution in [0.15, 0.2) is 22.7 Å². The van der Waals surface area contributed by atoms with Crippen molar-refractivity contribution in [3.05, 3.63) is 29.1 Å². The Hall–Kier alpha value is -2.45. The Kier molecular flexibility index (Phi) is 4.32. The van der Waals surface area contributed by atoms with E-state index in [4.69, 9.17) is 0 Å². The molecule has 0 aromatic carbocycles. The molecule has 0 N–H and O–H groups in total. The van der Waals surface area contributed by atoms with Gasteiger partial charge in [-0.25, -0.2) is 0 Å². The lowest BCUT2D eigenvalue weighted by molar-refractivity contribution is -0.141. The molecule has 0 saturated carbocycles. The Morgan fingerprint density at radius 3 is 2.52 bits per heavy atom. The fraction of sp³-hybridized carbons (Fsp3) is 0.556. The maximum atomic E-state index is 12.8. The lowest BCUT2D eigenvalue weighted by atomic mass is 9.61. The monoisotopic (exact) mass is 382 g/mol. The molecule has 3 rings (SSSR count). The number of rotatable bonds is 3. The molecule has 0 bridgehead atoms. The second-order valence-electron chi connectivity index (χ2n) is 8.00. The molecule has 27 heavy (non-hydrogen) atoms. The van der Waals surface area contributed by atoms with Gasteiger partial charge in [-0.05, 0) is 13.1 Å². The predicted molar refractivity (Wildman–Crippen MR) is 92.5 cm³/mol. The molecule has 1 aliphatic carbocycles. The third kappa shape index (κ3) is 3.30. The van der Waals surface area contributed by atoms with Crippen LogP contribution in [0.25, 0.3) is 0 Å². The average Bonchev–Trinajstić information content (AvgIpc) is 2.91. The van der Waals surface area contributed by atoms with E-state index in [1.807, 2.05) is 19.9 Å². The van der Waals surface area contributed by atoms with Gasteiger partial charge >= 0.3 is 6.18 Å². The van der Waals surface area contributed by atoms with Crippen molar-refractivity contribution in [3.63, 3.8) is 0 Å². The molecule has 1 saturated heterocycles. The van der Waals surface area contributed by atoms with Crippen molar-refractivity contribution >= 4 is 18.4 Å². The zero-order valence-electron chi connectivity index (χ0n) is 15.4. The summed E-state index contributed by atoms with van der Waals surface area (Å²) in [5, 5.41) is 3.39. The Balaban J connectivity index is 1.81. The number of ketones is 1. The predicted octanol–water partition coefficient (Wildman–Crippen LogP) is 2.51. The van der Waals surface area contributed by atoms with Crippen molar-refractivity contribution in [1.29, 1.82) is 0 Å². The van der Waals surface area contributed by atoms with Gasteiger partial charge in [-0.15, -0.1) is 0 Å². The first-order chi connectivity index (χ1) is 12.4. The van der Waals surface area contributed by atoms with Crippen LogP contribution in [0.1, 0.15) is 36.5 Å². The smallest absolute Gasteiger partial charge is 0.335 e. The van der Waals surface area contributed by atoms with E-state index in [2.05, 4.69) is 16.8 Å². The van der Waals surface area contributed by atoms with Crippen molar-refractivity contribution in [3.8, 4) is 0 Å². The highest BCUT2D eigenvalue weighted by molar-refractivity contribution is 6.01. The molecular formula is C18H21F3N4O2. The van der Waals surface area contributed by atoms with E-state index < -0.39 is 23.2 Å². The number of aliphatic imine (C=N–C) groups is 1. The molecule has 1 amide bonds. The summed E-state index contributed by atoms with van der Waals surface area (Å²) in [6.45, 7) is 8.05. The van der Waals surface area contributed by atoms with Crippen molar-refractivity contribution in [1.82, 2.24) is 14.7 Å². The molecular weight excluding hydrogens is 361 g/mol. The van der Waals surface area contributed by atoms with Gasteiger partial charge in [0.05, 0.1) is 6.54 Å². The fourth-order valence-corrected chi connectivity index (χ4v) is 4.15. The summed E-state index contributed by atoms with van der Waals surface area (Å²) < 4.78 is 39.4. The summed E-state index contributed by atoms with van der Waals surface area (Å²) >= 11 is 0. The van der Waals surface area contributed by atoms with Crippen LogP contribution in [-0.4, -0.2) is 52.7 Å². The first-order valence-electron chi connectivity index (χ1n) is 8.48. The van der Waals surface area contributed by atoms with Gasteiger partial charge < -0.3 is 4.90 Å². The molecule has 0 radical (unpaired) electrons. The van der Waals surface area contributed by atoms with E-state index in [1.165, 1.54) is 11.9 Å². The minimum atomic E-state index is -4.60. The number of nitrogens with zero attached hydrogens (tertiary/aromatic N) is 4. The Bertz CT molecular complexity index is 845. The second kappa shape index (κ2) is 6.03. The number of aromatic nitrogens is 2. The molecule has 1 aromatic heterocycles. The lowest BCUT2D eigenvalue weighted by Gasteiger charge is -2.53. The van der Waals surface area contributed by atoms with E-state index in [-0.39, 0.29) is 23.4 Å². The van der Waals surface area contributed by atoms with Crippen LogP contribution in [0.5, 0.6) is 0 Å². The first-order valence-corrected chi connectivity index (χ1v) is 8.48. The normalized spacial score (nSPS) is 21.0. The van der Waals surface area contributed by atoms with Gasteiger partial charge in [-0.1, -0.05) is 19.9 Å². The number of carbonyl (C=O) groups excluding carboxylic acids is 2. The number of hydrogen-bond acceptors (Lipinski definition) is 4. The number of aryl methyl sites for hydroxylation is 1. The largest absolute Gasteiger partial charge is 0.435 e. The van der Waals surface area contributed by atoms with Gasteiger partial charge in [0.2, 0.25) is 0 Å². The van der Waals surface area contributed by atoms with E-state index in [1.54, 1.807) is 0 Å². The number of amides is 1. The molecule has 6 nitrogen and oxygen atoms in total. The SMILES string of the molecule is C=NCC1=CC2(CN(C(=O)c3cc(C(F)(F)F)nn3C)C2)CC(C)(C)C1=O. The van der Waals surface area contributed by atoms with E-state index in [9.17, 15) is 22.8 Å². The molecule has 146 valence electrons. The molecule has 2 aliphatic rings. The summed E-state index contributed by atoms with van der Waals surface area (Å²) in [5.74, 6) is -0.482. The van der Waals surface area contributed by atoms with Gasteiger partial charge in [0.1, 0.15) is 5.69 Å². The summed E-state index contributed by atoms with van der Waals surface area (Å²) in [6.07, 6.45) is -2.17. The molecule has 1 fully saturated rings. The number of hydrogen-bond donors (Lipinski definition) is 0. The molecule has 1 aliphatic heterocycles. The van der Waals surface area contributed by atoms with Gasteiger partial charge in [0.25, 0.3) is 5.91 Å². The van der Waals surface area contributed by atoms with Gasteiger partial charge in [-0.2, -0.15) is 18.3 Å². The highest BCUT2D eigenvalue weighted by Gasteiger charge is 2.52. The third-order valence-corrected chi connectivity index (χ3v) is 5.15. The third-order valence-electron chi connectivity index (χ3n) is 5.15. The standard InChI is InChI=1S/C18H21F3N4O2/c1-16(2)8-17(6-11(7-22-3)14(16)26)9-25(10-17)15(27)12-5-13(18(19,20)21)23-24(12)4/h5-6H,3,7-10H2,1-2,4H3. The van der Waals surface area contributed by atoms with Crippen molar-refractivity contribution in [2.24, 2.45) is 22.9 Å². The van der Waals surface area contributed by atoms with Crippen molar-refractivity contribution < 1.29 is 22.8 Å². The second-order valence-corrected chi connectivity index (χ2v) is 8.00. The molecule has 0 unspecified atom stereocenters. The number of halogens is 3. The topological polar surface area (TPSA) is 67.6 Å². The van der Waals surface area contributed by atoms with Crippen LogP contribution in [0, 0.1) is 10.8 Å². The van der Waals surface area contributed by atoms with E-state index in [0.29, 0.717) is 25.1 Å². The highest BCUT2D eigenvalue weighted by atomic mass is 19.4. The van der Waals surface area contributed by atoms with Gasteiger partial charge in [0, 0.05) is 42.6 Å². The summed E-state index contributed by atoms with van der Waals surface area (Å²) in [4.78, 5) is 30.4. The number of Topliss-reactive ketones (excluding diaryl/α,β-unsaturated/α-hetero) is 1. The van der Waals surface area contributed by atoms with Crippen LogP contribution >= 0.6 is 0 Å². The zero-order chi connectivity index (χ0) is 20.2. The minimum absolute atomic E-state index is 0.0201. The van der Waals surface area contributed by atoms with Crippen LogP contribution in [-0.2, 0) is 18.0 Å². The van der Waals surface area contributed by atoms with Gasteiger partial charge in [0.15, 0.2) is 11.5 Å². The van der Waals surface area contributed by atoms with Gasteiger partial charge in [-0.3, -0.25) is 19.3 Å². The number of alkyl halides is 3. The Labute approximate surface area is 154 Å².